The zero-order chi connectivity index (χ0) is 34.3. The van der Waals surface area contributed by atoms with Crippen molar-refractivity contribution in [2.24, 2.45) is 0 Å². The molecule has 14 aliphatic rings. The van der Waals surface area contributed by atoms with Crippen molar-refractivity contribution in [3.8, 4) is 0 Å². The fourth-order valence-corrected chi connectivity index (χ4v) is 13.3. The molecule has 8 unspecified atom stereocenters. The predicted molar refractivity (Wildman–Crippen MR) is 212 cm³/mol. The van der Waals surface area contributed by atoms with Gasteiger partial charge in [-0.3, -0.25) is 4.79 Å². The van der Waals surface area contributed by atoms with Crippen molar-refractivity contribution >= 4 is 16.9 Å². The van der Waals surface area contributed by atoms with Crippen molar-refractivity contribution in [1.82, 2.24) is 0 Å². The molecule has 0 amide bonds. The zero-order valence-electron chi connectivity index (χ0n) is 30.1. The van der Waals surface area contributed by atoms with Crippen molar-refractivity contribution in [3.05, 3.63) is 186 Å². The molecule has 0 saturated carbocycles. The Balaban J connectivity index is 1.13. The predicted octanol–water partition coefficient (Wildman–Crippen LogP) is 12.3. The molecule has 1 nitrogen and oxygen atoms in total. The van der Waals surface area contributed by atoms with Gasteiger partial charge in [-0.2, -0.15) is 0 Å². The fourth-order valence-electron chi connectivity index (χ4n) is 13.3. The molecular weight excluding hydrogens is 641 g/mol. The highest BCUT2D eigenvalue weighted by Gasteiger charge is 2.41. The summed E-state index contributed by atoms with van der Waals surface area (Å²) in [7, 11) is 0. The Bertz CT molecular complexity index is 2440. The van der Waals surface area contributed by atoms with E-state index in [1.165, 1.54) is 118 Å². The molecule has 0 spiro atoms. The third-order valence-electron chi connectivity index (χ3n) is 15.9. The van der Waals surface area contributed by atoms with Crippen molar-refractivity contribution < 1.29 is 4.79 Å². The number of hydrogen-bond donors (Lipinski definition) is 0. The monoisotopic (exact) mass is 682 g/mol. The van der Waals surface area contributed by atoms with Crippen LogP contribution in [-0.4, -0.2) is 5.78 Å². The number of carbonyl (C=O) groups is 1. The summed E-state index contributed by atoms with van der Waals surface area (Å²) in [6, 6.07) is 20.3. The fraction of sp³-hybridized carbons (Fsp3) is 0.327. The van der Waals surface area contributed by atoms with E-state index in [-0.39, 0.29) is 5.78 Å². The molecule has 0 saturated heterocycles. The van der Waals surface area contributed by atoms with Crippen molar-refractivity contribution in [1.29, 1.82) is 0 Å². The second kappa shape index (κ2) is 9.86. The lowest BCUT2D eigenvalue weighted by Crippen LogP contribution is -2.25. The number of carbonyl (C=O) groups excluding carboxylic acids is 1. The van der Waals surface area contributed by atoms with Gasteiger partial charge in [-0.1, -0.05) is 60.7 Å². The summed E-state index contributed by atoms with van der Waals surface area (Å²) in [5.74, 6) is 4.08. The number of fused-ring (bicyclic) bond motifs is 8. The second-order valence-electron chi connectivity index (χ2n) is 18.3. The summed E-state index contributed by atoms with van der Waals surface area (Å²) in [6.07, 6.45) is 30.6. The normalized spacial score (nSPS) is 31.5. The summed E-state index contributed by atoms with van der Waals surface area (Å²) in [5.41, 5.74) is 24.8. The van der Waals surface area contributed by atoms with Gasteiger partial charge in [0.05, 0.1) is 0 Å². The number of benzene rings is 4. The average Bonchev–Trinajstić information content (AvgIpc) is 3.23. The van der Waals surface area contributed by atoms with Gasteiger partial charge in [0, 0.05) is 58.5 Å². The zero-order valence-corrected chi connectivity index (χ0v) is 30.1. The maximum Gasteiger partial charge on any atom is 0.194 e. The van der Waals surface area contributed by atoms with Gasteiger partial charge in [-0.05, 0) is 183 Å². The third kappa shape index (κ3) is 3.63. The highest BCUT2D eigenvalue weighted by Crippen LogP contribution is 2.57. The highest BCUT2D eigenvalue weighted by atomic mass is 16.1. The second-order valence-corrected chi connectivity index (χ2v) is 18.3. The van der Waals surface area contributed by atoms with Crippen LogP contribution in [0.15, 0.2) is 97.1 Å². The van der Waals surface area contributed by atoms with Crippen LogP contribution in [0.3, 0.4) is 0 Å². The first-order valence-corrected chi connectivity index (χ1v) is 20.9. The van der Waals surface area contributed by atoms with E-state index >= 15 is 4.79 Å². The standard InChI is InChI=1S/C52H42O/c53-52-48-24-42-32-13-9-30(10-14-32)40(42)22-46(48)51(47-23-41-31-11-15-33(16-12-31)43(41)25-49(47)52)50-44-20-38-28-5-1-26(2-6-28)36(38)18-34(44)17-35-19-37-27-3-7-29(8-4-27)39(37)21-45(35)50/h1,3,5,7,9,11,13,15,18-33H,2,4,6,8,10,12,14,16-17H2. The van der Waals surface area contributed by atoms with E-state index in [4.69, 9.17) is 0 Å². The van der Waals surface area contributed by atoms with E-state index < -0.39 is 0 Å². The first-order valence-electron chi connectivity index (χ1n) is 20.9. The van der Waals surface area contributed by atoms with E-state index in [2.05, 4.69) is 97.1 Å². The maximum absolute atomic E-state index is 15.1. The lowest BCUT2D eigenvalue weighted by Gasteiger charge is -2.40. The lowest BCUT2D eigenvalue weighted by molar-refractivity contribution is 0.103. The molecule has 0 fully saturated rings. The van der Waals surface area contributed by atoms with Crippen LogP contribution >= 0.6 is 0 Å². The Hall–Kier alpha value is -4.75. The summed E-state index contributed by atoms with van der Waals surface area (Å²) >= 11 is 0. The molecule has 53 heavy (non-hydrogen) atoms. The minimum atomic E-state index is 0.234. The van der Waals surface area contributed by atoms with Gasteiger partial charge < -0.3 is 0 Å². The molecule has 4 aromatic carbocycles. The van der Waals surface area contributed by atoms with Gasteiger partial charge in [-0.15, -0.1) is 0 Å². The van der Waals surface area contributed by atoms with E-state index in [0.29, 0.717) is 47.3 Å². The minimum Gasteiger partial charge on any atom is -0.289 e. The molecule has 14 aliphatic carbocycles. The van der Waals surface area contributed by atoms with Crippen molar-refractivity contribution in [2.45, 2.75) is 105 Å². The first-order chi connectivity index (χ1) is 26.1. The van der Waals surface area contributed by atoms with Gasteiger partial charge in [0.25, 0.3) is 0 Å². The molecule has 0 aliphatic heterocycles. The molecule has 0 aromatic heterocycles. The van der Waals surface area contributed by atoms with E-state index in [1.54, 1.807) is 22.3 Å². The first kappa shape index (κ1) is 28.7. The van der Waals surface area contributed by atoms with E-state index in [1.807, 2.05) is 0 Å². The summed E-state index contributed by atoms with van der Waals surface area (Å²) < 4.78 is 0. The summed E-state index contributed by atoms with van der Waals surface area (Å²) in [5, 5.41) is 0. The molecule has 8 bridgehead atoms. The van der Waals surface area contributed by atoms with E-state index in [0.717, 1.165) is 17.5 Å². The van der Waals surface area contributed by atoms with Crippen LogP contribution in [0, 0.1) is 0 Å². The van der Waals surface area contributed by atoms with Crippen molar-refractivity contribution in [3.63, 3.8) is 0 Å². The lowest BCUT2D eigenvalue weighted by atomic mass is 9.64. The molecule has 256 valence electrons. The Labute approximate surface area is 311 Å². The van der Waals surface area contributed by atoms with Gasteiger partial charge in [-0.25, -0.2) is 0 Å². The number of allylic oxidation sites excluding steroid dienone is 8. The molecule has 1 heteroatoms. The molecule has 0 heterocycles. The molecule has 8 atom stereocenters. The summed E-state index contributed by atoms with van der Waals surface area (Å²) in [4.78, 5) is 15.1. The Morgan fingerprint density at radius 3 is 0.849 bits per heavy atom. The average molecular weight is 683 g/mol. The topological polar surface area (TPSA) is 17.1 Å². The van der Waals surface area contributed by atoms with Crippen LogP contribution in [0.2, 0.25) is 0 Å². The van der Waals surface area contributed by atoms with Crippen molar-refractivity contribution in [2.75, 3.05) is 0 Å². The quantitative estimate of drug-likeness (QED) is 0.146. The number of ketones is 1. The van der Waals surface area contributed by atoms with Crippen LogP contribution < -0.4 is 0 Å². The molecule has 0 radical (unpaired) electrons. The van der Waals surface area contributed by atoms with E-state index in [9.17, 15) is 0 Å². The van der Waals surface area contributed by atoms with Crippen LogP contribution in [0.5, 0.6) is 0 Å². The highest BCUT2D eigenvalue weighted by molar-refractivity contribution is 6.23. The minimum absolute atomic E-state index is 0.234. The third-order valence-corrected chi connectivity index (χ3v) is 15.9. The molecule has 4 aromatic rings. The largest absolute Gasteiger partial charge is 0.289 e. The Kier molecular flexibility index (Phi) is 5.34. The molecular formula is C52H42O. The van der Waals surface area contributed by atoms with Crippen LogP contribution in [0.4, 0.5) is 0 Å². The SMILES string of the molecule is O=C1c2cc3c(cc2C(=C2c4cc5c(cc4Cc4cc6c(cc42)C2C=CC6CC2)C2C=CC5CC2)c2cc4c(cc21)C1C=CC4CC1)C1C=CC3CC1. The molecule has 18 rings (SSSR count). The smallest absolute Gasteiger partial charge is 0.194 e. The summed E-state index contributed by atoms with van der Waals surface area (Å²) in [6.45, 7) is 0. The van der Waals surface area contributed by atoms with Gasteiger partial charge in [0.1, 0.15) is 0 Å². The maximum atomic E-state index is 15.1. The molecule has 0 N–H and O–H groups in total. The number of rotatable bonds is 0. The van der Waals surface area contributed by atoms with Gasteiger partial charge in [0.15, 0.2) is 5.78 Å². The van der Waals surface area contributed by atoms with Crippen LogP contribution in [0.1, 0.15) is 193 Å². The Morgan fingerprint density at radius 1 is 0.302 bits per heavy atom. The van der Waals surface area contributed by atoms with Gasteiger partial charge in [0.2, 0.25) is 0 Å². The van der Waals surface area contributed by atoms with Crippen LogP contribution in [-0.2, 0) is 6.42 Å². The van der Waals surface area contributed by atoms with Crippen LogP contribution in [0.25, 0.3) is 11.1 Å². The Morgan fingerprint density at radius 2 is 0.547 bits per heavy atom. The number of hydrogen-bond acceptors (Lipinski definition) is 1. The van der Waals surface area contributed by atoms with Gasteiger partial charge >= 0.3 is 0 Å².